The summed E-state index contributed by atoms with van der Waals surface area (Å²) in [4.78, 5) is 22.8. The van der Waals surface area contributed by atoms with E-state index in [1.54, 1.807) is 0 Å². The molecule has 1 atom stereocenters. The molecule has 5 nitrogen and oxygen atoms in total. The zero-order chi connectivity index (χ0) is 15.7. The van der Waals surface area contributed by atoms with Gasteiger partial charge in [0.2, 0.25) is 5.91 Å². The number of carboxylic acids is 1. The summed E-state index contributed by atoms with van der Waals surface area (Å²) in [5.41, 5.74) is 2.05. The maximum atomic E-state index is 11.5. The second-order valence-corrected chi connectivity index (χ2v) is 5.09. The first-order valence-corrected chi connectivity index (χ1v) is 7.15. The van der Waals surface area contributed by atoms with Crippen molar-refractivity contribution in [1.82, 2.24) is 5.32 Å². The van der Waals surface area contributed by atoms with Gasteiger partial charge in [0.1, 0.15) is 6.61 Å². The number of aryl methyl sites for hydroxylation is 1. The summed E-state index contributed by atoms with van der Waals surface area (Å²) >= 11 is 0. The number of hydrogen-bond donors (Lipinski definition) is 2. The van der Waals surface area contributed by atoms with Crippen LogP contribution < -0.4 is 5.32 Å². The molecule has 0 radical (unpaired) electrons. The quantitative estimate of drug-likeness (QED) is 0.681. The first-order chi connectivity index (χ1) is 10.0. The van der Waals surface area contributed by atoms with E-state index in [0.717, 1.165) is 17.5 Å². The molecule has 116 valence electrons. The van der Waals surface area contributed by atoms with E-state index >= 15 is 0 Å². The van der Waals surface area contributed by atoms with Crippen LogP contribution in [0.4, 0.5) is 0 Å². The lowest BCUT2D eigenvalue weighted by Gasteiger charge is -2.14. The highest BCUT2D eigenvalue weighted by atomic mass is 16.5. The van der Waals surface area contributed by atoms with Crippen LogP contribution in [0.3, 0.4) is 0 Å². The van der Waals surface area contributed by atoms with E-state index in [1.165, 1.54) is 0 Å². The minimum Gasteiger partial charge on any atom is -0.481 e. The van der Waals surface area contributed by atoms with Gasteiger partial charge in [0.15, 0.2) is 0 Å². The number of carbonyl (C=O) groups excluding carboxylic acids is 1. The number of nitrogens with one attached hydrogen (secondary N) is 1. The largest absolute Gasteiger partial charge is 0.481 e. The summed E-state index contributed by atoms with van der Waals surface area (Å²) in [5, 5.41) is 11.9. The van der Waals surface area contributed by atoms with Crippen LogP contribution in [-0.2, 0) is 20.7 Å². The van der Waals surface area contributed by atoms with E-state index in [1.807, 2.05) is 38.1 Å². The Balaban J connectivity index is 2.47. The molecule has 0 aliphatic carbocycles. The molecule has 0 aliphatic rings. The minimum absolute atomic E-state index is 0.0232. The minimum atomic E-state index is -0.911. The van der Waals surface area contributed by atoms with Crippen molar-refractivity contribution in [3.05, 3.63) is 35.4 Å². The highest BCUT2D eigenvalue weighted by molar-refractivity contribution is 5.78. The molecule has 0 aliphatic heterocycles. The molecule has 1 aromatic rings. The molecule has 2 N–H and O–H groups in total. The Bertz CT molecular complexity index is 473. The highest BCUT2D eigenvalue weighted by Gasteiger charge is 2.19. The normalized spacial score (nSPS) is 11.9. The van der Waals surface area contributed by atoms with Crippen LogP contribution in [0.2, 0.25) is 0 Å². The van der Waals surface area contributed by atoms with Crippen LogP contribution in [0.5, 0.6) is 0 Å². The number of aliphatic carboxylic acids is 1. The Hall–Kier alpha value is -1.88. The Kier molecular flexibility index (Phi) is 7.46. The molecule has 1 rings (SSSR count). The van der Waals surface area contributed by atoms with Gasteiger partial charge in [-0.05, 0) is 25.3 Å². The number of benzene rings is 1. The van der Waals surface area contributed by atoms with Crippen molar-refractivity contribution in [3.8, 4) is 0 Å². The molecular formula is C16H23NO4. The summed E-state index contributed by atoms with van der Waals surface area (Å²) in [6, 6.07) is 7.73. The van der Waals surface area contributed by atoms with Crippen LogP contribution in [0.1, 0.15) is 24.5 Å². The second-order valence-electron chi connectivity index (χ2n) is 5.09. The topological polar surface area (TPSA) is 75.6 Å². The van der Waals surface area contributed by atoms with E-state index in [-0.39, 0.29) is 19.1 Å². The molecule has 1 unspecified atom stereocenters. The van der Waals surface area contributed by atoms with Crippen LogP contribution in [0, 0.1) is 12.8 Å². The molecule has 0 spiro atoms. The first-order valence-electron chi connectivity index (χ1n) is 7.15. The monoisotopic (exact) mass is 293 g/mol. The van der Waals surface area contributed by atoms with Crippen LogP contribution in [0.15, 0.2) is 24.3 Å². The van der Waals surface area contributed by atoms with E-state index in [4.69, 9.17) is 4.74 Å². The maximum absolute atomic E-state index is 11.5. The van der Waals surface area contributed by atoms with Gasteiger partial charge in [0, 0.05) is 13.2 Å². The molecule has 1 amide bonds. The van der Waals surface area contributed by atoms with Crippen molar-refractivity contribution >= 4 is 11.9 Å². The van der Waals surface area contributed by atoms with Gasteiger partial charge in [-0.25, -0.2) is 0 Å². The average molecular weight is 293 g/mol. The third kappa shape index (κ3) is 6.90. The molecule has 0 aromatic heterocycles. The van der Waals surface area contributed by atoms with Crippen LogP contribution in [-0.4, -0.2) is 36.7 Å². The summed E-state index contributed by atoms with van der Waals surface area (Å²) in [6.07, 6.45) is 1.24. The molecular weight excluding hydrogens is 270 g/mol. The lowest BCUT2D eigenvalue weighted by molar-refractivity contribution is -0.141. The molecule has 0 heterocycles. The third-order valence-electron chi connectivity index (χ3n) is 3.04. The fourth-order valence-electron chi connectivity index (χ4n) is 1.97. The summed E-state index contributed by atoms with van der Waals surface area (Å²) in [7, 11) is 0. The number of rotatable bonds is 9. The van der Waals surface area contributed by atoms with Gasteiger partial charge < -0.3 is 15.2 Å². The standard InChI is InChI=1S/C16H23NO4/c1-3-7-21-11-15(18)17-10-14(16(19)20)9-13-6-4-5-12(2)8-13/h4-6,8,14H,3,7,9-11H2,1-2H3,(H,17,18)(H,19,20). The Morgan fingerprint density at radius 3 is 2.76 bits per heavy atom. The number of carboxylic acid groups (broad SMARTS) is 1. The molecule has 1 aromatic carbocycles. The van der Waals surface area contributed by atoms with Gasteiger partial charge in [0.25, 0.3) is 0 Å². The van der Waals surface area contributed by atoms with Gasteiger partial charge >= 0.3 is 5.97 Å². The van der Waals surface area contributed by atoms with Gasteiger partial charge in [-0.15, -0.1) is 0 Å². The molecule has 0 fully saturated rings. The first kappa shape index (κ1) is 17.2. The fraction of sp³-hybridized carbons (Fsp3) is 0.500. The predicted octanol–water partition coefficient (Wildman–Crippen LogP) is 1.78. The Morgan fingerprint density at radius 1 is 1.38 bits per heavy atom. The molecule has 21 heavy (non-hydrogen) atoms. The lowest BCUT2D eigenvalue weighted by atomic mass is 9.98. The number of ether oxygens (including phenoxy) is 1. The van der Waals surface area contributed by atoms with Crippen molar-refractivity contribution in [2.45, 2.75) is 26.7 Å². The summed E-state index contributed by atoms with van der Waals surface area (Å²) in [6.45, 7) is 4.54. The van der Waals surface area contributed by atoms with Gasteiger partial charge in [-0.3, -0.25) is 9.59 Å². The third-order valence-corrected chi connectivity index (χ3v) is 3.04. The molecule has 0 saturated heterocycles. The predicted molar refractivity (Wildman–Crippen MR) is 80.1 cm³/mol. The molecule has 0 bridgehead atoms. The molecule has 5 heteroatoms. The van der Waals surface area contributed by atoms with Crippen molar-refractivity contribution < 1.29 is 19.4 Å². The van der Waals surface area contributed by atoms with Gasteiger partial charge in [-0.1, -0.05) is 36.8 Å². The number of hydrogen-bond acceptors (Lipinski definition) is 3. The number of amides is 1. The lowest BCUT2D eigenvalue weighted by Crippen LogP contribution is -2.36. The smallest absolute Gasteiger partial charge is 0.308 e. The van der Waals surface area contributed by atoms with Crippen LogP contribution >= 0.6 is 0 Å². The Morgan fingerprint density at radius 2 is 2.14 bits per heavy atom. The fourth-order valence-corrected chi connectivity index (χ4v) is 1.97. The average Bonchev–Trinajstić information content (AvgIpc) is 2.43. The Labute approximate surface area is 125 Å². The van der Waals surface area contributed by atoms with Gasteiger partial charge in [-0.2, -0.15) is 0 Å². The van der Waals surface area contributed by atoms with Crippen molar-refractivity contribution in [2.75, 3.05) is 19.8 Å². The van der Waals surface area contributed by atoms with Crippen molar-refractivity contribution in [2.24, 2.45) is 5.92 Å². The summed E-state index contributed by atoms with van der Waals surface area (Å²) < 4.78 is 5.11. The number of carbonyl (C=O) groups is 2. The van der Waals surface area contributed by atoms with Crippen molar-refractivity contribution in [1.29, 1.82) is 0 Å². The van der Waals surface area contributed by atoms with E-state index in [9.17, 15) is 14.7 Å². The second kappa shape index (κ2) is 9.13. The van der Waals surface area contributed by atoms with Crippen LogP contribution in [0.25, 0.3) is 0 Å². The van der Waals surface area contributed by atoms with E-state index in [2.05, 4.69) is 5.32 Å². The highest BCUT2D eigenvalue weighted by Crippen LogP contribution is 2.11. The molecule has 0 saturated carbocycles. The van der Waals surface area contributed by atoms with Crippen molar-refractivity contribution in [3.63, 3.8) is 0 Å². The van der Waals surface area contributed by atoms with Gasteiger partial charge in [0.05, 0.1) is 5.92 Å². The maximum Gasteiger partial charge on any atom is 0.308 e. The van der Waals surface area contributed by atoms with E-state index in [0.29, 0.717) is 13.0 Å². The SMILES string of the molecule is CCCOCC(=O)NCC(Cc1cccc(C)c1)C(=O)O. The zero-order valence-electron chi connectivity index (χ0n) is 12.6. The van der Waals surface area contributed by atoms with E-state index < -0.39 is 11.9 Å². The zero-order valence-corrected chi connectivity index (χ0v) is 12.6. The summed E-state index contributed by atoms with van der Waals surface area (Å²) in [5.74, 6) is -1.83.